The Balaban J connectivity index is 0.000000437. The van der Waals surface area contributed by atoms with Gasteiger partial charge in [-0.05, 0) is 48.9 Å². The molecule has 0 saturated carbocycles. The maximum atomic E-state index is 11.9. The summed E-state index contributed by atoms with van der Waals surface area (Å²) < 4.78 is 0. The Morgan fingerprint density at radius 3 is 1.82 bits per heavy atom. The maximum Gasteiger partial charge on any atom is 0.251 e. The van der Waals surface area contributed by atoms with Crippen molar-refractivity contribution in [3.05, 3.63) is 48.0 Å². The van der Waals surface area contributed by atoms with E-state index in [1.54, 1.807) is 12.1 Å². The van der Waals surface area contributed by atoms with Gasteiger partial charge in [0.2, 0.25) is 5.91 Å². The Morgan fingerprint density at radius 2 is 1.29 bits per heavy atom. The van der Waals surface area contributed by atoms with Gasteiger partial charge in [0.1, 0.15) is 5.75 Å². The fourth-order valence-corrected chi connectivity index (χ4v) is 3.33. The van der Waals surface area contributed by atoms with E-state index in [2.05, 4.69) is 17.6 Å². The Hall–Kier alpha value is -3.22. The molecule has 0 spiro atoms. The largest absolute Gasteiger partial charge is 0.508 e. The summed E-state index contributed by atoms with van der Waals surface area (Å²) in [6.45, 7) is 4.33. The first kappa shape index (κ1) is 28.8. The van der Waals surface area contributed by atoms with E-state index >= 15 is 0 Å². The van der Waals surface area contributed by atoms with Crippen LogP contribution in [0, 0.1) is 0 Å². The first-order valence-electron chi connectivity index (χ1n) is 12.2. The zero-order valence-electron chi connectivity index (χ0n) is 20.5. The molecular weight excluding hydrogens is 432 g/mol. The number of hydrogen-bond acceptors (Lipinski definition) is 5. The molecular formula is C27H40N2O5. The predicted molar refractivity (Wildman–Crippen MR) is 136 cm³/mol. The number of benzene rings is 2. The van der Waals surface area contributed by atoms with Crippen LogP contribution in [0.4, 0.5) is 5.69 Å². The van der Waals surface area contributed by atoms with E-state index in [1.165, 1.54) is 88.6 Å². The lowest BCUT2D eigenvalue weighted by Crippen LogP contribution is -2.24. The van der Waals surface area contributed by atoms with Crippen molar-refractivity contribution in [3.8, 4) is 17.2 Å². The van der Waals surface area contributed by atoms with Gasteiger partial charge in [-0.15, -0.1) is 0 Å². The second kappa shape index (κ2) is 17.3. The third-order valence-electron chi connectivity index (χ3n) is 5.24. The Morgan fingerprint density at radius 1 is 0.735 bits per heavy atom. The number of carbonyl (C=O) groups excluding carboxylic acids is 2. The zero-order chi connectivity index (χ0) is 25.2. The lowest BCUT2D eigenvalue weighted by molar-refractivity contribution is -0.114. The normalized spacial score (nSPS) is 10.2. The molecule has 0 bridgehead atoms. The molecule has 2 rings (SSSR count). The van der Waals surface area contributed by atoms with Gasteiger partial charge in [0.15, 0.2) is 11.5 Å². The number of carbonyl (C=O) groups is 2. The summed E-state index contributed by atoms with van der Waals surface area (Å²) in [5.41, 5.74) is 1.06. The highest BCUT2D eigenvalue weighted by Gasteiger charge is 2.07. The van der Waals surface area contributed by atoms with Gasteiger partial charge in [0, 0.05) is 24.7 Å². The van der Waals surface area contributed by atoms with Crippen LogP contribution >= 0.6 is 0 Å². The van der Waals surface area contributed by atoms with Gasteiger partial charge in [-0.2, -0.15) is 0 Å². The second-order valence-corrected chi connectivity index (χ2v) is 8.37. The van der Waals surface area contributed by atoms with E-state index in [9.17, 15) is 19.8 Å². The lowest BCUT2D eigenvalue weighted by Gasteiger charge is -2.06. The maximum absolute atomic E-state index is 11.9. The third kappa shape index (κ3) is 13.4. The van der Waals surface area contributed by atoms with Gasteiger partial charge >= 0.3 is 0 Å². The average Bonchev–Trinajstić information content (AvgIpc) is 2.81. The molecule has 7 heteroatoms. The van der Waals surface area contributed by atoms with Crippen LogP contribution in [-0.2, 0) is 4.79 Å². The number of hydrogen-bond donors (Lipinski definition) is 5. The molecule has 2 aromatic rings. The van der Waals surface area contributed by atoms with E-state index in [0.29, 0.717) is 17.8 Å². The van der Waals surface area contributed by atoms with Crippen molar-refractivity contribution < 1.29 is 24.9 Å². The molecule has 0 aliphatic rings. The van der Waals surface area contributed by atoms with E-state index in [1.807, 2.05) is 0 Å². The van der Waals surface area contributed by atoms with Gasteiger partial charge in [0.25, 0.3) is 5.91 Å². The Bertz CT molecular complexity index is 853. The zero-order valence-corrected chi connectivity index (χ0v) is 20.5. The Labute approximate surface area is 203 Å². The molecule has 2 amide bonds. The van der Waals surface area contributed by atoms with Crippen LogP contribution in [0.5, 0.6) is 17.2 Å². The quantitative estimate of drug-likeness (QED) is 0.137. The first-order chi connectivity index (χ1) is 16.3. The van der Waals surface area contributed by atoms with Crippen molar-refractivity contribution >= 4 is 17.5 Å². The number of phenolic OH excluding ortho intramolecular Hbond substituents is 3. The third-order valence-corrected chi connectivity index (χ3v) is 5.24. The molecule has 0 fully saturated rings. The van der Waals surface area contributed by atoms with Crippen molar-refractivity contribution in [1.82, 2.24) is 5.32 Å². The van der Waals surface area contributed by atoms with Gasteiger partial charge in [-0.3, -0.25) is 9.59 Å². The molecule has 0 saturated heterocycles. The molecule has 34 heavy (non-hydrogen) atoms. The summed E-state index contributed by atoms with van der Waals surface area (Å²) in [7, 11) is 0. The van der Waals surface area contributed by atoms with E-state index in [4.69, 9.17) is 5.11 Å². The Kier molecular flexibility index (Phi) is 14.6. The molecule has 188 valence electrons. The van der Waals surface area contributed by atoms with E-state index in [0.717, 1.165) is 12.8 Å². The van der Waals surface area contributed by atoms with Crippen molar-refractivity contribution in [2.45, 2.75) is 78.1 Å². The van der Waals surface area contributed by atoms with E-state index in [-0.39, 0.29) is 29.1 Å². The molecule has 0 atom stereocenters. The molecule has 7 nitrogen and oxygen atoms in total. The minimum absolute atomic E-state index is 0.115. The number of anilines is 1. The number of nitrogens with one attached hydrogen (secondary N) is 2. The number of aromatic hydroxyl groups is 3. The van der Waals surface area contributed by atoms with Crippen LogP contribution in [0.2, 0.25) is 0 Å². The fourth-order valence-electron chi connectivity index (χ4n) is 3.33. The van der Waals surface area contributed by atoms with Crippen molar-refractivity contribution in [2.24, 2.45) is 0 Å². The van der Waals surface area contributed by atoms with Crippen LogP contribution in [-0.4, -0.2) is 33.7 Å². The monoisotopic (exact) mass is 472 g/mol. The van der Waals surface area contributed by atoms with E-state index < -0.39 is 0 Å². The standard InChI is InChI=1S/C19H31NO3.C8H9NO2/c1-2-3-4-5-6-7-8-9-10-11-14-20-19(23)16-12-13-17(21)18(22)15-16;1-6(10)9-7-2-4-8(11)5-3-7/h12-13,15,21-22H,2-11,14H2,1H3,(H,20,23);2-5,11H,1H3,(H,9,10). The molecule has 0 unspecified atom stereocenters. The molecule has 5 N–H and O–H groups in total. The highest BCUT2D eigenvalue weighted by molar-refractivity contribution is 5.94. The molecule has 2 aromatic carbocycles. The molecule has 0 aliphatic heterocycles. The number of phenols is 3. The minimum Gasteiger partial charge on any atom is -0.508 e. The predicted octanol–water partition coefficient (Wildman–Crippen LogP) is 6.10. The van der Waals surface area contributed by atoms with Crippen LogP contribution in [0.25, 0.3) is 0 Å². The van der Waals surface area contributed by atoms with Crippen LogP contribution in [0.1, 0.15) is 88.4 Å². The SMILES string of the molecule is CC(=O)Nc1ccc(O)cc1.CCCCCCCCCCCCNC(=O)c1ccc(O)c(O)c1. The highest BCUT2D eigenvalue weighted by Crippen LogP contribution is 2.24. The lowest BCUT2D eigenvalue weighted by atomic mass is 10.1. The number of amides is 2. The van der Waals surface area contributed by atoms with Crippen LogP contribution in [0.3, 0.4) is 0 Å². The first-order valence-corrected chi connectivity index (χ1v) is 12.2. The summed E-state index contributed by atoms with van der Waals surface area (Å²) in [6.07, 6.45) is 12.7. The van der Waals surface area contributed by atoms with Crippen molar-refractivity contribution in [2.75, 3.05) is 11.9 Å². The fraction of sp³-hybridized carbons (Fsp3) is 0.481. The highest BCUT2D eigenvalue weighted by atomic mass is 16.3. The molecule has 0 aliphatic carbocycles. The van der Waals surface area contributed by atoms with Crippen LogP contribution in [0.15, 0.2) is 42.5 Å². The molecule has 0 heterocycles. The van der Waals surface area contributed by atoms with Gasteiger partial charge in [-0.25, -0.2) is 0 Å². The second-order valence-electron chi connectivity index (χ2n) is 8.37. The van der Waals surface area contributed by atoms with Crippen molar-refractivity contribution in [1.29, 1.82) is 0 Å². The summed E-state index contributed by atoms with van der Waals surface area (Å²) in [5, 5.41) is 32.9. The summed E-state index contributed by atoms with van der Waals surface area (Å²) in [5.74, 6) is -0.612. The smallest absolute Gasteiger partial charge is 0.251 e. The van der Waals surface area contributed by atoms with Gasteiger partial charge in [-0.1, -0.05) is 64.7 Å². The topological polar surface area (TPSA) is 119 Å². The summed E-state index contributed by atoms with van der Waals surface area (Å²) >= 11 is 0. The summed E-state index contributed by atoms with van der Waals surface area (Å²) in [6, 6.07) is 10.4. The van der Waals surface area contributed by atoms with Crippen LogP contribution < -0.4 is 10.6 Å². The van der Waals surface area contributed by atoms with Gasteiger partial charge < -0.3 is 26.0 Å². The number of rotatable bonds is 13. The summed E-state index contributed by atoms with van der Waals surface area (Å²) in [4.78, 5) is 22.4. The molecule has 0 aromatic heterocycles. The van der Waals surface area contributed by atoms with Gasteiger partial charge in [0.05, 0.1) is 0 Å². The number of unbranched alkanes of at least 4 members (excludes halogenated alkanes) is 9. The minimum atomic E-state index is -0.267. The molecule has 0 radical (unpaired) electrons. The average molecular weight is 473 g/mol. The van der Waals surface area contributed by atoms with Crippen molar-refractivity contribution in [3.63, 3.8) is 0 Å².